The van der Waals surface area contributed by atoms with E-state index in [0.29, 0.717) is 19.4 Å². The molecular formula is C30H37N9O3. The summed E-state index contributed by atoms with van der Waals surface area (Å²) in [4.78, 5) is 45.9. The van der Waals surface area contributed by atoms with Gasteiger partial charge in [0.05, 0.1) is 12.5 Å². The molecule has 220 valence electrons. The molecule has 0 aliphatic carbocycles. The van der Waals surface area contributed by atoms with Crippen LogP contribution in [0, 0.1) is 0 Å². The molecule has 3 aromatic rings. The van der Waals surface area contributed by atoms with E-state index >= 15 is 0 Å². The molecule has 4 amide bonds. The van der Waals surface area contributed by atoms with Crippen LogP contribution in [0.4, 0.5) is 4.79 Å². The maximum absolute atomic E-state index is 13.7. The summed E-state index contributed by atoms with van der Waals surface area (Å²) in [6, 6.07) is 24.6. The van der Waals surface area contributed by atoms with E-state index in [-0.39, 0.29) is 36.8 Å². The van der Waals surface area contributed by atoms with E-state index in [0.717, 1.165) is 22.3 Å². The highest BCUT2D eigenvalue weighted by Gasteiger charge is 2.27. The summed E-state index contributed by atoms with van der Waals surface area (Å²) in [6.45, 7) is 0.813. The molecule has 0 heterocycles. The van der Waals surface area contributed by atoms with Crippen LogP contribution < -0.4 is 38.9 Å². The molecule has 12 nitrogen and oxygen atoms in total. The Labute approximate surface area is 244 Å². The van der Waals surface area contributed by atoms with Crippen molar-refractivity contribution in [2.24, 2.45) is 32.9 Å². The molecule has 0 fully saturated rings. The van der Waals surface area contributed by atoms with Crippen molar-refractivity contribution < 1.29 is 14.4 Å². The zero-order valence-corrected chi connectivity index (χ0v) is 23.2. The minimum atomic E-state index is -0.809. The molecule has 0 radical (unpaired) electrons. The zero-order chi connectivity index (χ0) is 30.3. The SMILES string of the molecule is NC(=O)NC(N)=NCc1ccc(CNC(=O)[C@@H](CCCN=C(N)N)NC(=O)C(c2ccccc2)c2ccccc2)cc1. The molecule has 12 heteroatoms. The molecule has 1 atom stereocenters. The van der Waals surface area contributed by atoms with Crippen LogP contribution in [0.5, 0.6) is 0 Å². The molecule has 0 saturated carbocycles. The summed E-state index contributed by atoms with van der Waals surface area (Å²) >= 11 is 0. The lowest BCUT2D eigenvalue weighted by Gasteiger charge is -2.23. The quantitative estimate of drug-likeness (QED) is 0.0906. The number of urea groups is 1. The van der Waals surface area contributed by atoms with Crippen LogP contribution in [0.25, 0.3) is 0 Å². The largest absolute Gasteiger partial charge is 0.370 e. The van der Waals surface area contributed by atoms with Gasteiger partial charge in [-0.15, -0.1) is 0 Å². The monoisotopic (exact) mass is 571 g/mol. The van der Waals surface area contributed by atoms with Crippen LogP contribution in [-0.4, -0.2) is 42.4 Å². The summed E-state index contributed by atoms with van der Waals surface area (Å²) in [5.74, 6) is -1.32. The van der Waals surface area contributed by atoms with Gasteiger partial charge in [0.2, 0.25) is 11.8 Å². The highest BCUT2D eigenvalue weighted by atomic mass is 16.2. The summed E-state index contributed by atoms with van der Waals surface area (Å²) in [5.41, 5.74) is 24.8. The third-order valence-electron chi connectivity index (χ3n) is 6.28. The Bertz CT molecular complexity index is 1330. The number of carbonyl (C=O) groups is 3. The Morgan fingerprint density at radius 1 is 0.714 bits per heavy atom. The molecule has 3 aromatic carbocycles. The topological polar surface area (TPSA) is 216 Å². The van der Waals surface area contributed by atoms with E-state index in [9.17, 15) is 14.4 Å². The van der Waals surface area contributed by atoms with Crippen molar-refractivity contribution >= 4 is 29.8 Å². The van der Waals surface area contributed by atoms with Crippen molar-refractivity contribution in [1.82, 2.24) is 16.0 Å². The lowest BCUT2D eigenvalue weighted by Crippen LogP contribution is -2.48. The fourth-order valence-corrected chi connectivity index (χ4v) is 4.23. The van der Waals surface area contributed by atoms with Crippen molar-refractivity contribution in [2.75, 3.05) is 6.54 Å². The predicted octanol–water partition coefficient (Wildman–Crippen LogP) is 1.16. The van der Waals surface area contributed by atoms with Crippen LogP contribution >= 0.6 is 0 Å². The van der Waals surface area contributed by atoms with Crippen molar-refractivity contribution in [3.63, 3.8) is 0 Å². The van der Waals surface area contributed by atoms with Crippen LogP contribution in [-0.2, 0) is 22.7 Å². The highest BCUT2D eigenvalue weighted by Crippen LogP contribution is 2.25. The molecular weight excluding hydrogens is 534 g/mol. The summed E-state index contributed by atoms with van der Waals surface area (Å²) in [7, 11) is 0. The number of primary amides is 1. The molecule has 0 aliphatic heterocycles. The van der Waals surface area contributed by atoms with Gasteiger partial charge in [0, 0.05) is 13.1 Å². The first-order valence-electron chi connectivity index (χ1n) is 13.4. The third-order valence-corrected chi connectivity index (χ3v) is 6.28. The standard InChI is InChI=1S/C30H37N9O3/c31-28(32)35-17-7-12-24(38-27(41)25(22-8-3-1-4-9-22)23-10-5-2-6-11-23)26(40)36-18-20-13-15-21(16-14-20)19-37-29(33)39-30(34)42/h1-6,8-11,13-16,24-25H,7,12,17-19H2,(H,36,40)(H,38,41)(H4,31,32,35)(H5,33,34,37,39,42)/t24-/m1/s1. The van der Waals surface area contributed by atoms with Crippen LogP contribution in [0.15, 0.2) is 94.9 Å². The van der Waals surface area contributed by atoms with Crippen LogP contribution in [0.2, 0.25) is 0 Å². The van der Waals surface area contributed by atoms with E-state index in [2.05, 4.69) is 25.9 Å². The number of aliphatic imine (C=N–C) groups is 2. The van der Waals surface area contributed by atoms with E-state index in [1.165, 1.54) is 0 Å². The zero-order valence-electron chi connectivity index (χ0n) is 23.2. The number of nitrogens with two attached hydrogens (primary N) is 4. The number of nitrogens with one attached hydrogen (secondary N) is 3. The first-order chi connectivity index (χ1) is 20.2. The van der Waals surface area contributed by atoms with E-state index in [4.69, 9.17) is 22.9 Å². The van der Waals surface area contributed by atoms with E-state index < -0.39 is 18.0 Å². The molecule has 42 heavy (non-hydrogen) atoms. The molecule has 0 bridgehead atoms. The van der Waals surface area contributed by atoms with E-state index in [1.54, 1.807) is 0 Å². The molecule has 11 N–H and O–H groups in total. The number of hydrogen-bond acceptors (Lipinski definition) is 5. The molecule has 0 aliphatic rings. The Hall–Kier alpha value is -5.39. The second-order valence-corrected chi connectivity index (χ2v) is 9.49. The molecule has 0 unspecified atom stereocenters. The minimum absolute atomic E-state index is 0.0331. The number of nitrogens with zero attached hydrogens (tertiary/aromatic N) is 2. The van der Waals surface area contributed by atoms with Gasteiger partial charge >= 0.3 is 6.03 Å². The lowest BCUT2D eigenvalue weighted by molar-refractivity contribution is -0.129. The second kappa shape index (κ2) is 16.0. The van der Waals surface area contributed by atoms with Gasteiger partial charge in [-0.05, 0) is 35.1 Å². The van der Waals surface area contributed by atoms with Gasteiger partial charge in [0.1, 0.15) is 6.04 Å². The van der Waals surface area contributed by atoms with Gasteiger partial charge in [-0.1, -0.05) is 84.9 Å². The van der Waals surface area contributed by atoms with Crippen molar-refractivity contribution in [3.8, 4) is 0 Å². The number of rotatable bonds is 13. The average molecular weight is 572 g/mol. The van der Waals surface area contributed by atoms with Crippen molar-refractivity contribution in [2.45, 2.75) is 37.9 Å². The summed E-state index contributed by atoms with van der Waals surface area (Å²) in [5, 5.41) is 8.08. The first-order valence-corrected chi connectivity index (χ1v) is 13.4. The summed E-state index contributed by atoms with van der Waals surface area (Å²) < 4.78 is 0. The van der Waals surface area contributed by atoms with E-state index in [1.807, 2.05) is 84.9 Å². The Kier molecular flexibility index (Phi) is 11.9. The van der Waals surface area contributed by atoms with Gasteiger partial charge in [0.25, 0.3) is 0 Å². The van der Waals surface area contributed by atoms with Crippen LogP contribution in [0.3, 0.4) is 0 Å². The van der Waals surface area contributed by atoms with Crippen LogP contribution in [0.1, 0.15) is 41.0 Å². The van der Waals surface area contributed by atoms with Crippen molar-refractivity contribution in [3.05, 3.63) is 107 Å². The molecule has 3 rings (SSSR count). The Morgan fingerprint density at radius 2 is 1.29 bits per heavy atom. The first kappa shape index (κ1) is 31.1. The number of guanidine groups is 2. The average Bonchev–Trinajstić information content (AvgIpc) is 2.97. The van der Waals surface area contributed by atoms with Gasteiger partial charge in [-0.25, -0.2) is 9.79 Å². The molecule has 0 aromatic heterocycles. The van der Waals surface area contributed by atoms with Gasteiger partial charge in [-0.2, -0.15) is 0 Å². The minimum Gasteiger partial charge on any atom is -0.370 e. The second-order valence-electron chi connectivity index (χ2n) is 9.49. The Morgan fingerprint density at radius 3 is 1.83 bits per heavy atom. The van der Waals surface area contributed by atoms with Gasteiger partial charge < -0.3 is 33.6 Å². The maximum Gasteiger partial charge on any atom is 0.318 e. The van der Waals surface area contributed by atoms with Gasteiger partial charge in [-0.3, -0.25) is 19.9 Å². The van der Waals surface area contributed by atoms with Gasteiger partial charge in [0.15, 0.2) is 11.9 Å². The molecule has 0 spiro atoms. The fourth-order valence-electron chi connectivity index (χ4n) is 4.23. The third kappa shape index (κ3) is 10.3. The lowest BCUT2D eigenvalue weighted by atomic mass is 9.90. The fraction of sp³-hybridized carbons (Fsp3) is 0.233. The number of hydrogen-bond donors (Lipinski definition) is 7. The smallest absolute Gasteiger partial charge is 0.318 e. The highest BCUT2D eigenvalue weighted by molar-refractivity contribution is 5.94. The molecule has 0 saturated heterocycles. The summed E-state index contributed by atoms with van der Waals surface area (Å²) in [6.07, 6.45) is 0.822. The predicted molar refractivity (Wildman–Crippen MR) is 163 cm³/mol. The van der Waals surface area contributed by atoms with Crippen molar-refractivity contribution in [1.29, 1.82) is 0 Å². The normalized spacial score (nSPS) is 11.8. The number of carbonyl (C=O) groups excluding carboxylic acids is 3. The maximum atomic E-state index is 13.7. The number of benzene rings is 3. The number of amides is 4. The Balaban J connectivity index is 1.69.